The third-order valence-electron chi connectivity index (χ3n) is 1.94. The van der Waals surface area contributed by atoms with Crippen LogP contribution in [0.4, 0.5) is 4.79 Å². The van der Waals surface area contributed by atoms with Crippen molar-refractivity contribution in [3.63, 3.8) is 0 Å². The summed E-state index contributed by atoms with van der Waals surface area (Å²) < 4.78 is 4.99. The van der Waals surface area contributed by atoms with E-state index in [0.717, 1.165) is 13.3 Å². The second kappa shape index (κ2) is 10.9. The Hall–Kier alpha value is -1.83. The molecule has 0 aromatic heterocycles. The highest BCUT2D eigenvalue weighted by Gasteiger charge is 2.23. The Balaban J connectivity index is 0. The summed E-state index contributed by atoms with van der Waals surface area (Å²) >= 11 is 0. The summed E-state index contributed by atoms with van der Waals surface area (Å²) in [6.07, 6.45) is 1.03. The number of ether oxygens (including phenoxy) is 1. The number of rotatable bonds is 6. The minimum absolute atomic E-state index is 0.353. The Morgan fingerprint density at radius 2 is 1.67 bits per heavy atom. The fourth-order valence-electron chi connectivity index (χ4n) is 1.20. The Kier molecular flexibility index (Phi) is 11.1. The van der Waals surface area contributed by atoms with Crippen LogP contribution in [-0.2, 0) is 14.3 Å². The minimum atomic E-state index is -1.06. The first-order valence-electron chi connectivity index (χ1n) is 6.61. The van der Waals surface area contributed by atoms with E-state index in [-0.39, 0.29) is 0 Å². The summed E-state index contributed by atoms with van der Waals surface area (Å²) in [5.74, 6) is -1.90. The van der Waals surface area contributed by atoms with Gasteiger partial charge in [0, 0.05) is 6.92 Å². The van der Waals surface area contributed by atoms with Gasteiger partial charge in [-0.2, -0.15) is 0 Å². The first kappa shape index (κ1) is 21.5. The average Bonchev–Trinajstić information content (AvgIpc) is 2.24. The maximum absolute atomic E-state index is 11.4. The van der Waals surface area contributed by atoms with Gasteiger partial charge in [0.1, 0.15) is 11.6 Å². The van der Waals surface area contributed by atoms with Crippen LogP contribution in [0.1, 0.15) is 47.0 Å². The van der Waals surface area contributed by atoms with Crippen molar-refractivity contribution in [2.24, 2.45) is 5.73 Å². The highest BCUT2D eigenvalue weighted by atomic mass is 16.6. The molecule has 0 fully saturated rings. The molecule has 8 heteroatoms. The number of hydrogen-bond acceptors (Lipinski definition) is 5. The molecule has 0 heterocycles. The zero-order valence-electron chi connectivity index (χ0n) is 13.0. The molecule has 1 amide bonds. The molecule has 0 aliphatic carbocycles. The van der Waals surface area contributed by atoms with Crippen LogP contribution in [0.2, 0.25) is 0 Å². The molecule has 0 saturated carbocycles. The smallest absolute Gasteiger partial charge is 0.408 e. The molecule has 8 nitrogen and oxygen atoms in total. The molecule has 124 valence electrons. The molecule has 0 aromatic rings. The first-order valence-corrected chi connectivity index (χ1v) is 6.61. The molecule has 0 aromatic carbocycles. The molecule has 1 atom stereocenters. The maximum atomic E-state index is 11.4. The maximum Gasteiger partial charge on any atom is 0.408 e. The highest BCUT2D eigenvalue weighted by molar-refractivity contribution is 5.79. The van der Waals surface area contributed by atoms with E-state index in [1.54, 1.807) is 20.8 Å². The van der Waals surface area contributed by atoms with Crippen molar-refractivity contribution in [1.82, 2.24) is 5.32 Å². The number of alkyl carbamates (subject to hydrolysis) is 1. The SMILES string of the molecule is CC(=O)O.CC(C)(C)OC(=O)N[C@@H](CCCCN)C(=O)O. The molecule has 0 saturated heterocycles. The topological polar surface area (TPSA) is 139 Å². The normalized spacial score (nSPS) is 11.7. The first-order chi connectivity index (χ1) is 9.49. The van der Waals surface area contributed by atoms with Crippen molar-refractivity contribution in [2.75, 3.05) is 6.54 Å². The van der Waals surface area contributed by atoms with Crippen molar-refractivity contribution < 1.29 is 29.3 Å². The predicted molar refractivity (Wildman–Crippen MR) is 77.0 cm³/mol. The van der Waals surface area contributed by atoms with E-state index < -0.39 is 29.7 Å². The summed E-state index contributed by atoms with van der Waals surface area (Å²) in [6.45, 7) is 6.75. The molecule has 0 radical (unpaired) electrons. The number of carbonyl (C=O) groups is 3. The van der Waals surface area contributed by atoms with Crippen molar-refractivity contribution in [2.45, 2.75) is 58.6 Å². The Morgan fingerprint density at radius 3 is 2.00 bits per heavy atom. The number of unbranched alkanes of at least 4 members (excludes halogenated alkanes) is 1. The fourth-order valence-corrected chi connectivity index (χ4v) is 1.20. The second-order valence-electron chi connectivity index (χ2n) is 5.34. The largest absolute Gasteiger partial charge is 0.481 e. The third-order valence-corrected chi connectivity index (χ3v) is 1.94. The van der Waals surface area contributed by atoms with Crippen LogP contribution in [0.15, 0.2) is 0 Å². The molecule has 0 bridgehead atoms. The molecule has 0 unspecified atom stereocenters. The van der Waals surface area contributed by atoms with Crippen LogP contribution < -0.4 is 11.1 Å². The number of aliphatic carboxylic acids is 2. The number of carboxylic acid groups (broad SMARTS) is 2. The van der Waals surface area contributed by atoms with Crippen LogP contribution in [0.25, 0.3) is 0 Å². The monoisotopic (exact) mass is 306 g/mol. The Bertz CT molecular complexity index is 334. The summed E-state index contributed by atoms with van der Waals surface area (Å²) in [6, 6.07) is -0.920. The van der Waals surface area contributed by atoms with Crippen LogP contribution in [0.5, 0.6) is 0 Å². The zero-order chi connectivity index (χ0) is 17.1. The number of nitrogens with two attached hydrogens (primary N) is 1. The molecule has 0 rings (SSSR count). The molecular weight excluding hydrogens is 280 g/mol. The summed E-state index contributed by atoms with van der Waals surface area (Å²) in [5, 5.41) is 18.7. The van der Waals surface area contributed by atoms with Gasteiger partial charge in [-0.1, -0.05) is 0 Å². The number of carboxylic acids is 2. The van der Waals surface area contributed by atoms with Gasteiger partial charge in [0.2, 0.25) is 0 Å². The lowest BCUT2D eigenvalue weighted by molar-refractivity contribution is -0.139. The molecular formula is C13H26N2O6. The average molecular weight is 306 g/mol. The molecule has 5 N–H and O–H groups in total. The van der Waals surface area contributed by atoms with Gasteiger partial charge in [-0.05, 0) is 46.6 Å². The summed E-state index contributed by atoms with van der Waals surface area (Å²) in [4.78, 5) is 31.3. The molecule has 0 spiro atoms. The van der Waals surface area contributed by atoms with Gasteiger partial charge in [0.25, 0.3) is 5.97 Å². The molecule has 21 heavy (non-hydrogen) atoms. The third kappa shape index (κ3) is 18.2. The van der Waals surface area contributed by atoms with E-state index >= 15 is 0 Å². The lowest BCUT2D eigenvalue weighted by Gasteiger charge is -2.21. The van der Waals surface area contributed by atoms with Gasteiger partial charge in [-0.15, -0.1) is 0 Å². The van der Waals surface area contributed by atoms with E-state index in [4.69, 9.17) is 25.5 Å². The highest BCUT2D eigenvalue weighted by Crippen LogP contribution is 2.08. The standard InChI is InChI=1S/C11H22N2O4.C2H4O2/c1-11(2,3)17-10(16)13-8(9(14)15)6-4-5-7-12;1-2(3)4/h8H,4-7,12H2,1-3H3,(H,13,16)(H,14,15);1H3,(H,3,4)/t8-;/m0./s1. The van der Waals surface area contributed by atoms with Gasteiger partial charge in [0.15, 0.2) is 0 Å². The van der Waals surface area contributed by atoms with Crippen molar-refractivity contribution >= 4 is 18.0 Å². The van der Waals surface area contributed by atoms with Gasteiger partial charge >= 0.3 is 12.1 Å². The number of amides is 1. The number of carbonyl (C=O) groups excluding carboxylic acids is 1. The lowest BCUT2D eigenvalue weighted by Crippen LogP contribution is -2.43. The van der Waals surface area contributed by atoms with Crippen LogP contribution >= 0.6 is 0 Å². The minimum Gasteiger partial charge on any atom is -0.481 e. The van der Waals surface area contributed by atoms with Gasteiger partial charge in [0.05, 0.1) is 0 Å². The Labute approximate surface area is 124 Å². The molecule has 0 aliphatic rings. The van der Waals surface area contributed by atoms with Crippen LogP contribution in [-0.4, -0.2) is 46.4 Å². The van der Waals surface area contributed by atoms with Crippen molar-refractivity contribution in [1.29, 1.82) is 0 Å². The second-order valence-corrected chi connectivity index (χ2v) is 5.34. The summed E-state index contributed by atoms with van der Waals surface area (Å²) in [5.41, 5.74) is 4.68. The number of hydrogen-bond donors (Lipinski definition) is 4. The Morgan fingerprint density at radius 1 is 1.19 bits per heavy atom. The number of nitrogens with one attached hydrogen (secondary N) is 1. The van der Waals surface area contributed by atoms with E-state index in [9.17, 15) is 9.59 Å². The van der Waals surface area contributed by atoms with E-state index in [1.807, 2.05) is 0 Å². The zero-order valence-corrected chi connectivity index (χ0v) is 13.0. The van der Waals surface area contributed by atoms with E-state index in [1.165, 1.54) is 0 Å². The van der Waals surface area contributed by atoms with Gasteiger partial charge in [-0.3, -0.25) is 4.79 Å². The van der Waals surface area contributed by atoms with Crippen LogP contribution in [0.3, 0.4) is 0 Å². The van der Waals surface area contributed by atoms with Crippen LogP contribution in [0, 0.1) is 0 Å². The van der Waals surface area contributed by atoms with E-state index in [2.05, 4.69) is 5.32 Å². The predicted octanol–water partition coefficient (Wildman–Crippen LogP) is 1.18. The van der Waals surface area contributed by atoms with Crippen molar-refractivity contribution in [3.05, 3.63) is 0 Å². The van der Waals surface area contributed by atoms with E-state index in [0.29, 0.717) is 19.4 Å². The quantitative estimate of drug-likeness (QED) is 0.540. The van der Waals surface area contributed by atoms with Gasteiger partial charge in [-0.25, -0.2) is 9.59 Å². The van der Waals surface area contributed by atoms with Gasteiger partial charge < -0.3 is 26.0 Å². The van der Waals surface area contributed by atoms with Crippen molar-refractivity contribution in [3.8, 4) is 0 Å². The molecule has 0 aliphatic heterocycles. The fraction of sp³-hybridized carbons (Fsp3) is 0.769. The summed E-state index contributed by atoms with van der Waals surface area (Å²) in [7, 11) is 0. The lowest BCUT2D eigenvalue weighted by atomic mass is 10.1.